The van der Waals surface area contributed by atoms with Gasteiger partial charge in [-0.25, -0.2) is 9.97 Å². The van der Waals surface area contributed by atoms with Gasteiger partial charge in [0, 0.05) is 51.0 Å². The Hall–Kier alpha value is -2.30. The summed E-state index contributed by atoms with van der Waals surface area (Å²) < 4.78 is 0. The highest BCUT2D eigenvalue weighted by Crippen LogP contribution is 2.21. The van der Waals surface area contributed by atoms with E-state index in [-0.39, 0.29) is 0 Å². The summed E-state index contributed by atoms with van der Waals surface area (Å²) in [4.78, 5) is 15.9. The lowest BCUT2D eigenvalue weighted by atomic mass is 10.2. The molecule has 3 rings (SSSR count). The predicted molar refractivity (Wildman–Crippen MR) is 96.5 cm³/mol. The highest BCUT2D eigenvalue weighted by molar-refractivity contribution is 5.52. The number of rotatable bonds is 5. The molecule has 1 fully saturated rings. The fourth-order valence-corrected chi connectivity index (χ4v) is 3.06. The molecule has 1 aliphatic heterocycles. The normalized spacial score (nSPS) is 14.9. The fourth-order valence-electron chi connectivity index (χ4n) is 3.06. The fraction of sp³-hybridized carbons (Fsp3) is 0.444. The van der Waals surface area contributed by atoms with E-state index in [4.69, 9.17) is 0 Å². The van der Waals surface area contributed by atoms with E-state index in [1.807, 2.05) is 0 Å². The van der Waals surface area contributed by atoms with Gasteiger partial charge in [-0.3, -0.25) is 0 Å². The van der Waals surface area contributed by atoms with Crippen molar-refractivity contribution in [2.24, 2.45) is 0 Å². The summed E-state index contributed by atoms with van der Waals surface area (Å²) in [5.74, 6) is 2.06. The highest BCUT2D eigenvalue weighted by Gasteiger charge is 2.19. The van der Waals surface area contributed by atoms with Crippen LogP contribution in [0, 0.1) is 0 Å². The molecule has 2 heterocycles. The minimum atomic E-state index is 0.967. The van der Waals surface area contributed by atoms with Gasteiger partial charge >= 0.3 is 0 Å². The molecule has 5 heteroatoms. The van der Waals surface area contributed by atoms with Gasteiger partial charge in [-0.2, -0.15) is 0 Å². The van der Waals surface area contributed by atoms with Gasteiger partial charge in [0.25, 0.3) is 0 Å². The zero-order valence-electron chi connectivity index (χ0n) is 14.0. The molecule has 2 aromatic rings. The molecule has 23 heavy (non-hydrogen) atoms. The van der Waals surface area contributed by atoms with E-state index in [1.165, 1.54) is 5.69 Å². The van der Waals surface area contributed by atoms with E-state index >= 15 is 0 Å². The van der Waals surface area contributed by atoms with E-state index < -0.39 is 0 Å². The summed E-state index contributed by atoms with van der Waals surface area (Å²) in [6.07, 6.45) is 1.69. The van der Waals surface area contributed by atoms with Crippen LogP contribution in [0.1, 0.15) is 13.8 Å². The largest absolute Gasteiger partial charge is 0.368 e. The van der Waals surface area contributed by atoms with Gasteiger partial charge in [-0.1, -0.05) is 18.2 Å². The van der Waals surface area contributed by atoms with Gasteiger partial charge in [0.2, 0.25) is 0 Å². The van der Waals surface area contributed by atoms with Gasteiger partial charge in [0.1, 0.15) is 18.0 Å². The summed E-state index contributed by atoms with van der Waals surface area (Å²) >= 11 is 0. The average molecular weight is 311 g/mol. The van der Waals surface area contributed by atoms with E-state index in [2.05, 4.69) is 74.9 Å². The number of para-hydroxylation sites is 1. The summed E-state index contributed by atoms with van der Waals surface area (Å²) in [7, 11) is 0. The second kappa shape index (κ2) is 7.31. The second-order valence-electron chi connectivity index (χ2n) is 5.72. The Morgan fingerprint density at radius 2 is 1.57 bits per heavy atom. The van der Waals surface area contributed by atoms with Gasteiger partial charge in [0.15, 0.2) is 0 Å². The number of hydrogen-bond acceptors (Lipinski definition) is 5. The third kappa shape index (κ3) is 3.55. The molecule has 0 N–H and O–H groups in total. The monoisotopic (exact) mass is 311 g/mol. The lowest BCUT2D eigenvalue weighted by molar-refractivity contribution is 0.646. The van der Waals surface area contributed by atoms with Crippen LogP contribution in [0.3, 0.4) is 0 Å². The Morgan fingerprint density at radius 3 is 2.22 bits per heavy atom. The number of benzene rings is 1. The van der Waals surface area contributed by atoms with Crippen molar-refractivity contribution < 1.29 is 0 Å². The van der Waals surface area contributed by atoms with Crippen molar-refractivity contribution in [3.63, 3.8) is 0 Å². The maximum atomic E-state index is 4.48. The Kier molecular flexibility index (Phi) is 4.95. The van der Waals surface area contributed by atoms with Crippen molar-refractivity contribution in [2.75, 3.05) is 54.0 Å². The Balaban J connectivity index is 1.67. The molecule has 122 valence electrons. The zero-order chi connectivity index (χ0) is 16.1. The standard InChI is InChI=1S/C18H25N5/c1-3-21(4-2)17-14-18(20-15-19-17)23-12-10-22(11-13-23)16-8-6-5-7-9-16/h5-9,14-15H,3-4,10-13H2,1-2H3. The molecule has 1 aliphatic rings. The quantitative estimate of drug-likeness (QED) is 0.848. The van der Waals surface area contributed by atoms with Crippen molar-refractivity contribution in [1.29, 1.82) is 0 Å². The van der Waals surface area contributed by atoms with Crippen molar-refractivity contribution in [2.45, 2.75) is 13.8 Å². The predicted octanol–water partition coefficient (Wildman–Crippen LogP) is 2.65. The lowest BCUT2D eigenvalue weighted by Crippen LogP contribution is -2.46. The first-order valence-electron chi connectivity index (χ1n) is 8.43. The third-order valence-corrected chi connectivity index (χ3v) is 4.45. The summed E-state index contributed by atoms with van der Waals surface area (Å²) in [6.45, 7) is 10.3. The molecule has 0 unspecified atom stereocenters. The molecule has 5 nitrogen and oxygen atoms in total. The number of hydrogen-bond donors (Lipinski definition) is 0. The Labute approximate surface area is 138 Å². The minimum absolute atomic E-state index is 0.967. The second-order valence-corrected chi connectivity index (χ2v) is 5.72. The molecule has 0 spiro atoms. The average Bonchev–Trinajstić information content (AvgIpc) is 2.64. The van der Waals surface area contributed by atoms with Crippen LogP contribution in [-0.2, 0) is 0 Å². The summed E-state index contributed by atoms with van der Waals surface area (Å²) in [5.41, 5.74) is 1.30. The van der Waals surface area contributed by atoms with E-state index in [9.17, 15) is 0 Å². The molecule has 0 atom stereocenters. The van der Waals surface area contributed by atoms with Crippen LogP contribution in [0.25, 0.3) is 0 Å². The Bertz CT molecular complexity index is 604. The van der Waals surface area contributed by atoms with Gasteiger partial charge < -0.3 is 14.7 Å². The molecule has 1 aromatic carbocycles. The van der Waals surface area contributed by atoms with Crippen molar-refractivity contribution in [3.05, 3.63) is 42.7 Å². The van der Waals surface area contributed by atoms with Gasteiger partial charge in [-0.05, 0) is 26.0 Å². The van der Waals surface area contributed by atoms with Crippen LogP contribution in [0.5, 0.6) is 0 Å². The smallest absolute Gasteiger partial charge is 0.134 e. The first-order valence-corrected chi connectivity index (χ1v) is 8.43. The molecule has 0 amide bonds. The maximum absolute atomic E-state index is 4.48. The SMILES string of the molecule is CCN(CC)c1cc(N2CCN(c3ccccc3)CC2)ncn1. The molecule has 0 aliphatic carbocycles. The molecule has 1 aromatic heterocycles. The zero-order valence-corrected chi connectivity index (χ0v) is 14.0. The van der Waals surface area contributed by atoms with Gasteiger partial charge in [-0.15, -0.1) is 0 Å². The Morgan fingerprint density at radius 1 is 0.913 bits per heavy atom. The minimum Gasteiger partial charge on any atom is -0.368 e. The highest BCUT2D eigenvalue weighted by atomic mass is 15.3. The number of nitrogens with zero attached hydrogens (tertiary/aromatic N) is 5. The van der Waals surface area contributed by atoms with Crippen LogP contribution in [0.2, 0.25) is 0 Å². The summed E-state index contributed by atoms with van der Waals surface area (Å²) in [6, 6.07) is 12.7. The van der Waals surface area contributed by atoms with Crippen molar-refractivity contribution >= 4 is 17.3 Å². The molecular weight excluding hydrogens is 286 g/mol. The molecule has 1 saturated heterocycles. The molecular formula is C18H25N5. The van der Waals surface area contributed by atoms with Gasteiger partial charge in [0.05, 0.1) is 0 Å². The number of aromatic nitrogens is 2. The number of anilines is 3. The van der Waals surface area contributed by atoms with E-state index in [0.29, 0.717) is 0 Å². The molecule has 0 radical (unpaired) electrons. The van der Waals surface area contributed by atoms with Crippen LogP contribution < -0.4 is 14.7 Å². The third-order valence-electron chi connectivity index (χ3n) is 4.45. The summed E-state index contributed by atoms with van der Waals surface area (Å²) in [5, 5.41) is 0. The van der Waals surface area contributed by atoms with Crippen LogP contribution in [0.4, 0.5) is 17.3 Å². The lowest BCUT2D eigenvalue weighted by Gasteiger charge is -2.37. The maximum Gasteiger partial charge on any atom is 0.134 e. The molecule has 0 saturated carbocycles. The first-order chi connectivity index (χ1) is 11.3. The molecule has 0 bridgehead atoms. The van der Waals surface area contributed by atoms with Crippen LogP contribution in [0.15, 0.2) is 42.7 Å². The topological polar surface area (TPSA) is 35.5 Å². The van der Waals surface area contributed by atoms with E-state index in [0.717, 1.165) is 50.9 Å². The van der Waals surface area contributed by atoms with E-state index in [1.54, 1.807) is 6.33 Å². The van der Waals surface area contributed by atoms with Crippen LogP contribution >= 0.6 is 0 Å². The first kappa shape index (κ1) is 15.6. The van der Waals surface area contributed by atoms with Crippen molar-refractivity contribution in [3.8, 4) is 0 Å². The van der Waals surface area contributed by atoms with Crippen LogP contribution in [-0.4, -0.2) is 49.2 Å². The number of piperazine rings is 1. The van der Waals surface area contributed by atoms with Crippen molar-refractivity contribution in [1.82, 2.24) is 9.97 Å².